The molecule has 31 heavy (non-hydrogen) atoms. The van der Waals surface area contributed by atoms with Crippen LogP contribution in [0.5, 0.6) is 11.5 Å². The Balaban J connectivity index is 1.41. The van der Waals surface area contributed by atoms with Crippen LogP contribution in [0.1, 0.15) is 41.9 Å². The predicted molar refractivity (Wildman–Crippen MR) is 113 cm³/mol. The number of nitrogens with one attached hydrogen (secondary N) is 1. The molecule has 7 nitrogen and oxygen atoms in total. The van der Waals surface area contributed by atoms with Crippen LogP contribution in [-0.2, 0) is 13.0 Å². The minimum absolute atomic E-state index is 0.0978. The van der Waals surface area contributed by atoms with Gasteiger partial charge in [0.15, 0.2) is 17.3 Å². The average Bonchev–Trinajstić information content (AvgIpc) is 2.95. The first-order chi connectivity index (χ1) is 15.2. The molecule has 0 aliphatic carbocycles. The standard InChI is InChI=1S/C23H23FN4O3/c24-17-8-6-15(22-27-26-21-5-2-1-3-10-28(21)22)13-18(17)25-23(29)16-7-9-19-20(14-16)31-12-4-11-30-19/h6-9,13-14H,1-5,10-12H2,(H,25,29). The van der Waals surface area contributed by atoms with E-state index in [2.05, 4.69) is 20.1 Å². The van der Waals surface area contributed by atoms with E-state index in [1.807, 2.05) is 0 Å². The lowest BCUT2D eigenvalue weighted by atomic mass is 10.1. The molecular weight excluding hydrogens is 399 g/mol. The lowest BCUT2D eigenvalue weighted by Gasteiger charge is -2.12. The Kier molecular flexibility index (Phi) is 5.28. The second-order valence-corrected chi connectivity index (χ2v) is 7.76. The van der Waals surface area contributed by atoms with Crippen LogP contribution in [0, 0.1) is 5.82 Å². The predicted octanol–water partition coefficient (Wildman–Crippen LogP) is 4.22. The number of fused-ring (bicyclic) bond motifs is 2. The van der Waals surface area contributed by atoms with Crippen LogP contribution < -0.4 is 14.8 Å². The molecule has 0 unspecified atom stereocenters. The number of rotatable bonds is 3. The first-order valence-electron chi connectivity index (χ1n) is 10.6. The van der Waals surface area contributed by atoms with Gasteiger partial charge in [-0.2, -0.15) is 0 Å². The van der Waals surface area contributed by atoms with Crippen molar-refractivity contribution in [3.63, 3.8) is 0 Å². The number of ether oxygens (including phenoxy) is 2. The lowest BCUT2D eigenvalue weighted by molar-refractivity contribution is 0.102. The summed E-state index contributed by atoms with van der Waals surface area (Å²) < 4.78 is 27.9. The third-order valence-corrected chi connectivity index (χ3v) is 5.59. The molecule has 1 aromatic heterocycles. The van der Waals surface area contributed by atoms with Gasteiger partial charge in [0.2, 0.25) is 0 Å². The Morgan fingerprint density at radius 3 is 2.74 bits per heavy atom. The van der Waals surface area contributed by atoms with E-state index in [0.717, 1.165) is 50.0 Å². The van der Waals surface area contributed by atoms with Crippen molar-refractivity contribution in [3.8, 4) is 22.9 Å². The van der Waals surface area contributed by atoms with Crippen molar-refractivity contribution in [3.05, 3.63) is 53.6 Å². The second-order valence-electron chi connectivity index (χ2n) is 7.76. The molecule has 1 N–H and O–H groups in total. The van der Waals surface area contributed by atoms with Gasteiger partial charge in [-0.3, -0.25) is 4.79 Å². The molecule has 1 amide bonds. The fourth-order valence-corrected chi connectivity index (χ4v) is 3.96. The molecular formula is C23H23FN4O3. The number of amides is 1. The van der Waals surface area contributed by atoms with Crippen LogP contribution in [-0.4, -0.2) is 33.9 Å². The minimum Gasteiger partial charge on any atom is -0.490 e. The molecule has 2 aliphatic heterocycles. The molecule has 8 heteroatoms. The molecule has 0 saturated heterocycles. The van der Waals surface area contributed by atoms with Crippen molar-refractivity contribution < 1.29 is 18.7 Å². The summed E-state index contributed by atoms with van der Waals surface area (Å²) in [5.41, 5.74) is 1.18. The summed E-state index contributed by atoms with van der Waals surface area (Å²) in [5.74, 6) is 1.84. The zero-order valence-corrected chi connectivity index (χ0v) is 17.1. The van der Waals surface area contributed by atoms with Gasteiger partial charge in [0.25, 0.3) is 5.91 Å². The Bertz CT molecular complexity index is 1130. The van der Waals surface area contributed by atoms with Crippen LogP contribution in [0.2, 0.25) is 0 Å². The Morgan fingerprint density at radius 2 is 1.84 bits per heavy atom. The fourth-order valence-electron chi connectivity index (χ4n) is 3.96. The van der Waals surface area contributed by atoms with Gasteiger partial charge in [-0.1, -0.05) is 6.42 Å². The molecule has 2 aromatic carbocycles. The zero-order chi connectivity index (χ0) is 21.2. The lowest BCUT2D eigenvalue weighted by Crippen LogP contribution is -2.13. The SMILES string of the molecule is O=C(Nc1cc(-c2nnc3n2CCCCC3)ccc1F)c1ccc2c(c1)OCCCO2. The van der Waals surface area contributed by atoms with Crippen LogP contribution in [0.15, 0.2) is 36.4 Å². The molecule has 0 atom stereocenters. The highest BCUT2D eigenvalue weighted by Crippen LogP contribution is 2.31. The monoisotopic (exact) mass is 422 g/mol. The number of benzene rings is 2. The molecule has 0 radical (unpaired) electrons. The van der Waals surface area contributed by atoms with E-state index >= 15 is 0 Å². The Hall–Kier alpha value is -3.42. The van der Waals surface area contributed by atoms with Crippen molar-refractivity contribution in [1.29, 1.82) is 0 Å². The largest absolute Gasteiger partial charge is 0.490 e. The molecule has 0 fully saturated rings. The van der Waals surface area contributed by atoms with Gasteiger partial charge in [-0.15, -0.1) is 10.2 Å². The van der Waals surface area contributed by atoms with Crippen LogP contribution in [0.4, 0.5) is 10.1 Å². The van der Waals surface area contributed by atoms with E-state index < -0.39 is 11.7 Å². The normalized spacial score (nSPS) is 15.5. The van der Waals surface area contributed by atoms with Crippen molar-refractivity contribution >= 4 is 11.6 Å². The van der Waals surface area contributed by atoms with Crippen molar-refractivity contribution in [2.45, 2.75) is 38.6 Å². The second kappa shape index (κ2) is 8.37. The van der Waals surface area contributed by atoms with Gasteiger partial charge in [0.05, 0.1) is 18.9 Å². The third-order valence-electron chi connectivity index (χ3n) is 5.59. The van der Waals surface area contributed by atoms with Crippen molar-refractivity contribution in [2.75, 3.05) is 18.5 Å². The smallest absolute Gasteiger partial charge is 0.255 e. The van der Waals surface area contributed by atoms with E-state index in [0.29, 0.717) is 36.1 Å². The summed E-state index contributed by atoms with van der Waals surface area (Å²) in [4.78, 5) is 12.8. The first kappa shape index (κ1) is 19.5. The topological polar surface area (TPSA) is 78.3 Å². The summed E-state index contributed by atoms with van der Waals surface area (Å²) in [7, 11) is 0. The summed E-state index contributed by atoms with van der Waals surface area (Å²) in [6.45, 7) is 1.94. The van der Waals surface area contributed by atoms with Crippen LogP contribution in [0.3, 0.4) is 0 Å². The van der Waals surface area contributed by atoms with E-state index in [-0.39, 0.29) is 5.69 Å². The Labute approximate surface area is 179 Å². The van der Waals surface area contributed by atoms with E-state index in [1.54, 1.807) is 30.3 Å². The molecule has 160 valence electrons. The number of halogens is 1. The number of carbonyl (C=O) groups is 1. The van der Waals surface area contributed by atoms with Gasteiger partial charge in [-0.05, 0) is 49.2 Å². The first-order valence-corrected chi connectivity index (χ1v) is 10.6. The van der Waals surface area contributed by atoms with Gasteiger partial charge < -0.3 is 19.4 Å². The molecule has 3 aromatic rings. The molecule has 3 heterocycles. The Morgan fingerprint density at radius 1 is 0.968 bits per heavy atom. The summed E-state index contributed by atoms with van der Waals surface area (Å²) in [6, 6.07) is 9.59. The molecule has 5 rings (SSSR count). The number of anilines is 1. The highest BCUT2D eigenvalue weighted by atomic mass is 19.1. The summed E-state index contributed by atoms with van der Waals surface area (Å²) in [5, 5.41) is 11.3. The number of hydrogen-bond donors (Lipinski definition) is 1. The molecule has 2 aliphatic rings. The number of carbonyl (C=O) groups excluding carboxylic acids is 1. The number of aryl methyl sites for hydroxylation is 1. The van der Waals surface area contributed by atoms with Gasteiger partial charge in [0.1, 0.15) is 11.6 Å². The summed E-state index contributed by atoms with van der Waals surface area (Å²) in [6.07, 6.45) is 4.98. The van der Waals surface area contributed by atoms with Crippen LogP contribution >= 0.6 is 0 Å². The van der Waals surface area contributed by atoms with Gasteiger partial charge >= 0.3 is 0 Å². The zero-order valence-electron chi connectivity index (χ0n) is 17.1. The number of nitrogens with zero attached hydrogens (tertiary/aromatic N) is 3. The minimum atomic E-state index is -0.512. The number of hydrogen-bond acceptors (Lipinski definition) is 5. The summed E-state index contributed by atoms with van der Waals surface area (Å²) >= 11 is 0. The number of aromatic nitrogens is 3. The van der Waals surface area contributed by atoms with E-state index in [1.165, 1.54) is 6.07 Å². The maximum atomic E-state index is 14.5. The highest BCUT2D eigenvalue weighted by Gasteiger charge is 2.19. The van der Waals surface area contributed by atoms with E-state index in [4.69, 9.17) is 9.47 Å². The maximum Gasteiger partial charge on any atom is 0.255 e. The van der Waals surface area contributed by atoms with Crippen molar-refractivity contribution in [2.24, 2.45) is 0 Å². The molecule has 0 bridgehead atoms. The van der Waals surface area contributed by atoms with Crippen LogP contribution in [0.25, 0.3) is 11.4 Å². The van der Waals surface area contributed by atoms with Gasteiger partial charge in [0, 0.05) is 30.5 Å². The van der Waals surface area contributed by atoms with Gasteiger partial charge in [-0.25, -0.2) is 4.39 Å². The average molecular weight is 422 g/mol. The quantitative estimate of drug-likeness (QED) is 0.684. The van der Waals surface area contributed by atoms with Crippen molar-refractivity contribution in [1.82, 2.24) is 14.8 Å². The molecule has 0 saturated carbocycles. The van der Waals surface area contributed by atoms with E-state index in [9.17, 15) is 9.18 Å². The maximum absolute atomic E-state index is 14.5. The highest BCUT2D eigenvalue weighted by molar-refractivity contribution is 6.05. The molecule has 0 spiro atoms. The fraction of sp³-hybridized carbons (Fsp3) is 0.348. The third kappa shape index (κ3) is 3.97.